The van der Waals surface area contributed by atoms with Gasteiger partial charge in [0.25, 0.3) is 0 Å². The van der Waals surface area contributed by atoms with E-state index in [2.05, 4.69) is 29.4 Å². The van der Waals surface area contributed by atoms with E-state index in [1.54, 1.807) is 11.1 Å². The molecule has 0 spiro atoms. The van der Waals surface area contributed by atoms with Crippen molar-refractivity contribution >= 4 is 5.84 Å². The lowest BCUT2D eigenvalue weighted by molar-refractivity contribution is 0.358. The molecule has 2 heteroatoms. The summed E-state index contributed by atoms with van der Waals surface area (Å²) in [5.74, 6) is 2.89. The van der Waals surface area contributed by atoms with Crippen LogP contribution in [0.1, 0.15) is 59.8 Å². The van der Waals surface area contributed by atoms with Gasteiger partial charge in [-0.2, -0.15) is 0 Å². The van der Waals surface area contributed by atoms with Crippen molar-refractivity contribution in [1.29, 1.82) is 0 Å². The summed E-state index contributed by atoms with van der Waals surface area (Å²) in [6.45, 7) is 4.24. The molecule has 1 saturated carbocycles. The third kappa shape index (κ3) is 1.89. The molecule has 100 valence electrons. The molecule has 0 atom stereocenters. The van der Waals surface area contributed by atoms with Crippen molar-refractivity contribution in [3.05, 3.63) is 34.4 Å². The van der Waals surface area contributed by atoms with Gasteiger partial charge >= 0.3 is 0 Å². The largest absolute Gasteiger partial charge is 0.372 e. The van der Waals surface area contributed by atoms with Gasteiger partial charge in [0, 0.05) is 13.0 Å². The summed E-state index contributed by atoms with van der Waals surface area (Å²) in [5, 5.41) is 3.40. The molecule has 2 nitrogen and oxygen atoms in total. The van der Waals surface area contributed by atoms with Gasteiger partial charge in [0.05, 0.1) is 6.54 Å². The predicted octanol–water partition coefficient (Wildman–Crippen LogP) is 3.29. The van der Waals surface area contributed by atoms with Gasteiger partial charge in [0.15, 0.2) is 0 Å². The number of benzene rings is 1. The van der Waals surface area contributed by atoms with Gasteiger partial charge in [-0.1, -0.05) is 12.1 Å². The number of nitrogens with one attached hydrogen (secondary N) is 1. The first kappa shape index (κ1) is 11.5. The molecular formula is C17H22N2. The van der Waals surface area contributed by atoms with Gasteiger partial charge in [-0.05, 0) is 66.7 Å². The van der Waals surface area contributed by atoms with Crippen LogP contribution in [0.25, 0.3) is 0 Å². The van der Waals surface area contributed by atoms with E-state index in [4.69, 9.17) is 0 Å². The molecule has 5 rings (SSSR count). The molecule has 1 aromatic rings. The van der Waals surface area contributed by atoms with Crippen LogP contribution in [0, 0.1) is 6.92 Å². The van der Waals surface area contributed by atoms with E-state index in [9.17, 15) is 0 Å². The molecule has 0 unspecified atom stereocenters. The van der Waals surface area contributed by atoms with Crippen LogP contribution >= 0.6 is 0 Å². The van der Waals surface area contributed by atoms with Crippen molar-refractivity contribution in [2.24, 2.45) is 4.99 Å². The lowest BCUT2D eigenvalue weighted by Gasteiger charge is -2.39. The maximum Gasteiger partial charge on any atom is 0.101 e. The molecule has 1 heterocycles. The van der Waals surface area contributed by atoms with Crippen LogP contribution in [0.5, 0.6) is 0 Å². The Labute approximate surface area is 115 Å². The Morgan fingerprint density at radius 2 is 1.79 bits per heavy atom. The second-order valence-corrected chi connectivity index (χ2v) is 6.39. The Kier molecular flexibility index (Phi) is 2.64. The summed E-state index contributed by atoms with van der Waals surface area (Å²) in [6.07, 6.45) is 6.67. The number of aliphatic imine (C=N–C) groups is 1. The molecule has 1 aliphatic heterocycles. The average molecular weight is 254 g/mol. The molecule has 1 N–H and O–H groups in total. The Hall–Kier alpha value is -1.31. The van der Waals surface area contributed by atoms with E-state index < -0.39 is 0 Å². The normalized spacial score (nSPS) is 27.9. The number of aryl methyl sites for hydroxylation is 1. The minimum Gasteiger partial charge on any atom is -0.372 e. The minimum absolute atomic E-state index is 0.845. The quantitative estimate of drug-likeness (QED) is 0.860. The summed E-state index contributed by atoms with van der Waals surface area (Å²) in [7, 11) is 0. The van der Waals surface area contributed by atoms with Crippen LogP contribution < -0.4 is 5.32 Å². The van der Waals surface area contributed by atoms with E-state index in [0.29, 0.717) is 0 Å². The van der Waals surface area contributed by atoms with Crippen molar-refractivity contribution in [3.8, 4) is 0 Å². The molecule has 0 amide bonds. The zero-order valence-electron chi connectivity index (χ0n) is 11.7. The van der Waals surface area contributed by atoms with Crippen LogP contribution in [0.15, 0.2) is 17.1 Å². The summed E-state index contributed by atoms with van der Waals surface area (Å²) in [4.78, 5) is 4.54. The Bertz CT molecular complexity index is 536. The predicted molar refractivity (Wildman–Crippen MR) is 79.1 cm³/mol. The molecule has 0 radical (unpaired) electrons. The van der Waals surface area contributed by atoms with Crippen LogP contribution in [-0.2, 0) is 6.42 Å². The number of rotatable bonds is 2. The Morgan fingerprint density at radius 3 is 2.42 bits per heavy atom. The van der Waals surface area contributed by atoms with Gasteiger partial charge in [-0.25, -0.2) is 0 Å². The maximum atomic E-state index is 4.54. The molecule has 19 heavy (non-hydrogen) atoms. The third-order valence-corrected chi connectivity index (χ3v) is 5.25. The van der Waals surface area contributed by atoms with Gasteiger partial charge in [-0.15, -0.1) is 0 Å². The highest BCUT2D eigenvalue weighted by Gasteiger charge is 2.33. The standard InChI is InChI=1S/C17H22N2/c1-11-8-15-12-2-4-13(5-3-12)16(15)9-14(11)10-17-18-6-7-19-17/h8-9,12-13H,2-7,10H2,1H3,(H,18,19). The molecule has 4 aliphatic rings. The molecule has 3 aliphatic carbocycles. The topological polar surface area (TPSA) is 24.4 Å². The smallest absolute Gasteiger partial charge is 0.101 e. The summed E-state index contributed by atoms with van der Waals surface area (Å²) < 4.78 is 0. The van der Waals surface area contributed by atoms with Crippen molar-refractivity contribution in [2.45, 2.75) is 50.9 Å². The fourth-order valence-corrected chi connectivity index (χ4v) is 4.15. The highest BCUT2D eigenvalue weighted by atomic mass is 15.1. The van der Waals surface area contributed by atoms with Crippen molar-refractivity contribution in [2.75, 3.05) is 13.1 Å². The second-order valence-electron chi connectivity index (χ2n) is 6.39. The summed E-state index contributed by atoms with van der Waals surface area (Å²) >= 11 is 0. The van der Waals surface area contributed by atoms with E-state index in [0.717, 1.165) is 31.3 Å². The fourth-order valence-electron chi connectivity index (χ4n) is 4.15. The zero-order valence-corrected chi connectivity index (χ0v) is 11.7. The first-order valence-corrected chi connectivity index (χ1v) is 7.72. The Balaban J connectivity index is 1.71. The summed E-state index contributed by atoms with van der Waals surface area (Å²) in [6, 6.07) is 4.99. The first-order chi connectivity index (χ1) is 9.31. The van der Waals surface area contributed by atoms with Crippen LogP contribution in [-0.4, -0.2) is 18.9 Å². The monoisotopic (exact) mass is 254 g/mol. The number of amidine groups is 1. The van der Waals surface area contributed by atoms with E-state index >= 15 is 0 Å². The van der Waals surface area contributed by atoms with Crippen molar-refractivity contribution < 1.29 is 0 Å². The van der Waals surface area contributed by atoms with Gasteiger partial charge in [0.1, 0.15) is 5.84 Å². The molecule has 1 fully saturated rings. The van der Waals surface area contributed by atoms with Crippen LogP contribution in [0.4, 0.5) is 0 Å². The first-order valence-electron chi connectivity index (χ1n) is 7.72. The zero-order chi connectivity index (χ0) is 12.8. The van der Waals surface area contributed by atoms with Crippen LogP contribution in [0.2, 0.25) is 0 Å². The van der Waals surface area contributed by atoms with Crippen molar-refractivity contribution in [3.63, 3.8) is 0 Å². The second kappa shape index (κ2) is 4.36. The Morgan fingerprint density at radius 1 is 1.11 bits per heavy atom. The lowest BCUT2D eigenvalue weighted by Crippen LogP contribution is -2.24. The van der Waals surface area contributed by atoms with Gasteiger partial charge in [-0.3, -0.25) is 4.99 Å². The molecule has 2 bridgehead atoms. The van der Waals surface area contributed by atoms with Gasteiger partial charge < -0.3 is 5.32 Å². The average Bonchev–Trinajstić information content (AvgIpc) is 2.94. The fraction of sp³-hybridized carbons (Fsp3) is 0.588. The summed E-state index contributed by atoms with van der Waals surface area (Å²) in [5.41, 5.74) is 6.29. The number of hydrogen-bond donors (Lipinski definition) is 1. The third-order valence-electron chi connectivity index (χ3n) is 5.25. The van der Waals surface area contributed by atoms with Gasteiger partial charge in [0.2, 0.25) is 0 Å². The minimum atomic E-state index is 0.845. The van der Waals surface area contributed by atoms with Crippen molar-refractivity contribution in [1.82, 2.24) is 5.32 Å². The lowest BCUT2D eigenvalue weighted by atomic mass is 9.66. The van der Waals surface area contributed by atoms with E-state index in [-0.39, 0.29) is 0 Å². The molecular weight excluding hydrogens is 232 g/mol. The number of nitrogens with zero attached hydrogens (tertiary/aromatic N) is 1. The highest BCUT2D eigenvalue weighted by Crippen LogP contribution is 2.49. The van der Waals surface area contributed by atoms with Crippen LogP contribution in [0.3, 0.4) is 0 Å². The van der Waals surface area contributed by atoms with E-state index in [1.165, 1.54) is 42.6 Å². The number of hydrogen-bond acceptors (Lipinski definition) is 2. The maximum absolute atomic E-state index is 4.54. The highest BCUT2D eigenvalue weighted by molar-refractivity contribution is 5.86. The van der Waals surface area contributed by atoms with E-state index in [1.807, 2.05) is 0 Å². The molecule has 0 aromatic heterocycles. The number of fused-ring (bicyclic) bond motifs is 2. The molecule has 1 aromatic carbocycles. The molecule has 0 saturated heterocycles. The SMILES string of the molecule is Cc1cc2c(cc1CC1=NCCN1)C1CCC2CC1.